The van der Waals surface area contributed by atoms with Gasteiger partial charge in [0.05, 0.1) is 6.04 Å². The van der Waals surface area contributed by atoms with Crippen LogP contribution in [0.1, 0.15) is 35.6 Å². The summed E-state index contributed by atoms with van der Waals surface area (Å²) in [6, 6.07) is 25.0. The summed E-state index contributed by atoms with van der Waals surface area (Å²) in [5.41, 5.74) is 3.70. The average Bonchev–Trinajstić information content (AvgIpc) is 2.90. The minimum Gasteiger partial charge on any atom is -0.324 e. The number of carbonyl (C=O) groups is 2. The number of hydrogen-bond donors (Lipinski definition) is 1. The molecule has 0 saturated heterocycles. The Morgan fingerprint density at radius 3 is 2.43 bits per heavy atom. The number of fused-ring (bicyclic) bond motifs is 1. The second-order valence-electron chi connectivity index (χ2n) is 7.45. The molecule has 0 saturated carbocycles. The van der Waals surface area contributed by atoms with Gasteiger partial charge in [-0.05, 0) is 36.1 Å². The molecular weight excluding hydrogens is 396 g/mol. The highest BCUT2D eigenvalue weighted by Crippen LogP contribution is 2.37. The lowest BCUT2D eigenvalue weighted by atomic mass is 9.95. The van der Waals surface area contributed by atoms with E-state index < -0.39 is 0 Å². The van der Waals surface area contributed by atoms with E-state index in [0.717, 1.165) is 24.0 Å². The van der Waals surface area contributed by atoms with E-state index in [2.05, 4.69) is 17.4 Å². The Bertz CT molecular complexity index is 1040. The fourth-order valence-electron chi connectivity index (χ4n) is 3.94. The molecule has 1 heterocycles. The van der Waals surface area contributed by atoms with Crippen LogP contribution in [0.5, 0.6) is 0 Å². The van der Waals surface area contributed by atoms with Gasteiger partial charge >= 0.3 is 0 Å². The Kier molecular flexibility index (Phi) is 6.15. The first-order valence-corrected chi connectivity index (χ1v) is 10.5. The van der Waals surface area contributed by atoms with Crippen molar-refractivity contribution in [3.8, 4) is 0 Å². The predicted octanol–water partition coefficient (Wildman–Crippen LogP) is 5.23. The maximum Gasteiger partial charge on any atom is 0.244 e. The van der Waals surface area contributed by atoms with Gasteiger partial charge in [-0.25, -0.2) is 0 Å². The van der Waals surface area contributed by atoms with Gasteiger partial charge in [0, 0.05) is 22.7 Å². The van der Waals surface area contributed by atoms with Crippen LogP contribution >= 0.6 is 11.6 Å². The summed E-state index contributed by atoms with van der Waals surface area (Å²) >= 11 is 6.17. The molecule has 2 amide bonds. The topological polar surface area (TPSA) is 49.4 Å². The van der Waals surface area contributed by atoms with Gasteiger partial charge in [0.1, 0.15) is 6.54 Å². The number of nitrogens with one attached hydrogen (secondary N) is 1. The number of nitrogens with zero attached hydrogens (tertiary/aromatic N) is 1. The van der Waals surface area contributed by atoms with E-state index in [1.807, 2.05) is 54.6 Å². The van der Waals surface area contributed by atoms with Gasteiger partial charge in [-0.2, -0.15) is 0 Å². The van der Waals surface area contributed by atoms with Crippen molar-refractivity contribution in [2.45, 2.75) is 25.3 Å². The molecule has 1 N–H and O–H groups in total. The van der Waals surface area contributed by atoms with Crippen LogP contribution in [0.25, 0.3) is 0 Å². The molecular formula is C25H23ClN2O2. The monoisotopic (exact) mass is 418 g/mol. The summed E-state index contributed by atoms with van der Waals surface area (Å²) in [7, 11) is 0. The van der Waals surface area contributed by atoms with E-state index in [1.54, 1.807) is 17.0 Å². The molecule has 0 bridgehead atoms. The molecule has 3 aromatic carbocycles. The number of hydrogen-bond acceptors (Lipinski definition) is 2. The van der Waals surface area contributed by atoms with Crippen molar-refractivity contribution in [3.63, 3.8) is 0 Å². The number of rotatable bonds is 5. The van der Waals surface area contributed by atoms with E-state index >= 15 is 0 Å². The van der Waals surface area contributed by atoms with Crippen LogP contribution in [-0.2, 0) is 16.0 Å². The number of aryl methyl sites for hydroxylation is 1. The summed E-state index contributed by atoms with van der Waals surface area (Å²) in [5, 5.41) is 3.46. The zero-order valence-corrected chi connectivity index (χ0v) is 17.3. The number of anilines is 1. The molecule has 0 spiro atoms. The first-order valence-electron chi connectivity index (χ1n) is 10.1. The second-order valence-corrected chi connectivity index (χ2v) is 7.89. The number of halogens is 1. The van der Waals surface area contributed by atoms with Crippen molar-refractivity contribution in [2.24, 2.45) is 0 Å². The van der Waals surface area contributed by atoms with Gasteiger partial charge in [-0.1, -0.05) is 78.3 Å². The SMILES string of the molecule is O=C1CN(C(=O)CCCc2ccccc2)C(c2ccccc2)c2ccc(Cl)cc2N1. The van der Waals surface area contributed by atoms with E-state index in [4.69, 9.17) is 11.6 Å². The second kappa shape index (κ2) is 9.14. The third-order valence-electron chi connectivity index (χ3n) is 5.34. The van der Waals surface area contributed by atoms with E-state index in [9.17, 15) is 9.59 Å². The smallest absolute Gasteiger partial charge is 0.244 e. The fourth-order valence-corrected chi connectivity index (χ4v) is 4.11. The molecule has 1 unspecified atom stereocenters. The third-order valence-corrected chi connectivity index (χ3v) is 5.58. The molecule has 5 heteroatoms. The molecule has 0 radical (unpaired) electrons. The highest BCUT2D eigenvalue weighted by molar-refractivity contribution is 6.31. The normalized spacial score (nSPS) is 15.8. The van der Waals surface area contributed by atoms with Crippen molar-refractivity contribution >= 4 is 29.1 Å². The van der Waals surface area contributed by atoms with E-state index in [1.165, 1.54) is 5.56 Å². The molecule has 4 nitrogen and oxygen atoms in total. The van der Waals surface area contributed by atoms with Crippen LogP contribution in [0.4, 0.5) is 5.69 Å². The minimum absolute atomic E-state index is 0.00995. The summed E-state index contributed by atoms with van der Waals surface area (Å²) < 4.78 is 0. The number of amides is 2. The Balaban J connectivity index is 1.62. The lowest BCUT2D eigenvalue weighted by molar-refractivity contribution is -0.136. The molecule has 0 fully saturated rings. The van der Waals surface area contributed by atoms with E-state index in [0.29, 0.717) is 17.1 Å². The maximum absolute atomic E-state index is 13.3. The lowest BCUT2D eigenvalue weighted by Gasteiger charge is -2.30. The molecule has 1 aliphatic rings. The van der Waals surface area contributed by atoms with Crippen LogP contribution in [0.2, 0.25) is 5.02 Å². The number of carbonyl (C=O) groups excluding carboxylic acids is 2. The summed E-state index contributed by atoms with van der Waals surface area (Å²) in [6.45, 7) is 0.00995. The minimum atomic E-state index is -0.346. The highest BCUT2D eigenvalue weighted by Gasteiger charge is 2.33. The lowest BCUT2D eigenvalue weighted by Crippen LogP contribution is -2.38. The first kappa shape index (κ1) is 20.2. The van der Waals surface area contributed by atoms with Crippen molar-refractivity contribution in [3.05, 3.63) is 101 Å². The van der Waals surface area contributed by atoms with Gasteiger partial charge in [-0.3, -0.25) is 9.59 Å². The number of benzene rings is 3. The van der Waals surface area contributed by atoms with Crippen LogP contribution in [-0.4, -0.2) is 23.3 Å². The van der Waals surface area contributed by atoms with Gasteiger partial charge < -0.3 is 10.2 Å². The summed E-state index contributed by atoms with van der Waals surface area (Å²) in [6.07, 6.45) is 1.94. The summed E-state index contributed by atoms with van der Waals surface area (Å²) in [5.74, 6) is -0.244. The van der Waals surface area contributed by atoms with Gasteiger partial charge in [0.2, 0.25) is 11.8 Å². The molecule has 3 aromatic rings. The molecule has 1 atom stereocenters. The molecule has 0 aromatic heterocycles. The van der Waals surface area contributed by atoms with Crippen molar-refractivity contribution in [1.29, 1.82) is 0 Å². The van der Waals surface area contributed by atoms with Gasteiger partial charge in [-0.15, -0.1) is 0 Å². The highest BCUT2D eigenvalue weighted by atomic mass is 35.5. The Morgan fingerprint density at radius 2 is 1.70 bits per heavy atom. The Morgan fingerprint density at radius 1 is 1.00 bits per heavy atom. The summed E-state index contributed by atoms with van der Waals surface area (Å²) in [4.78, 5) is 27.6. The largest absolute Gasteiger partial charge is 0.324 e. The molecule has 4 rings (SSSR count). The van der Waals surface area contributed by atoms with Crippen LogP contribution < -0.4 is 5.32 Å². The van der Waals surface area contributed by atoms with Crippen molar-refractivity contribution < 1.29 is 9.59 Å². The Labute approximate surface area is 181 Å². The average molecular weight is 419 g/mol. The Hall–Kier alpha value is -3.11. The van der Waals surface area contributed by atoms with E-state index in [-0.39, 0.29) is 24.4 Å². The zero-order chi connectivity index (χ0) is 20.9. The maximum atomic E-state index is 13.3. The molecule has 0 aliphatic carbocycles. The van der Waals surface area contributed by atoms with Crippen LogP contribution in [0.15, 0.2) is 78.9 Å². The molecule has 1 aliphatic heterocycles. The zero-order valence-electron chi connectivity index (χ0n) is 16.6. The standard InChI is InChI=1S/C25H23ClN2O2/c26-20-14-15-21-22(16-20)27-23(29)17-28(25(21)19-11-5-2-6-12-19)24(30)13-7-10-18-8-3-1-4-9-18/h1-6,8-9,11-12,14-16,25H,7,10,13,17H2,(H,27,29). The first-order chi connectivity index (χ1) is 14.6. The molecule has 30 heavy (non-hydrogen) atoms. The predicted molar refractivity (Wildman–Crippen MR) is 119 cm³/mol. The van der Waals surface area contributed by atoms with Crippen molar-refractivity contribution in [2.75, 3.05) is 11.9 Å². The quantitative estimate of drug-likeness (QED) is 0.616. The van der Waals surface area contributed by atoms with Crippen LogP contribution in [0.3, 0.4) is 0 Å². The van der Waals surface area contributed by atoms with Crippen LogP contribution in [0, 0.1) is 0 Å². The fraction of sp³-hybridized carbons (Fsp3) is 0.200. The van der Waals surface area contributed by atoms with Gasteiger partial charge in [0.25, 0.3) is 0 Å². The molecule has 152 valence electrons. The third kappa shape index (κ3) is 4.55. The van der Waals surface area contributed by atoms with Crippen molar-refractivity contribution in [1.82, 2.24) is 4.90 Å². The van der Waals surface area contributed by atoms with Gasteiger partial charge in [0.15, 0.2) is 0 Å².